The monoisotopic (exact) mass is 436 g/mol. The molecule has 9 heteroatoms. The Balaban J connectivity index is 1.52. The Bertz CT molecular complexity index is 1230. The molecule has 3 heterocycles. The standard InChI is InChI=1S/C22H20N4O4S/c1-3-29-16-8-6-15(7-9-16)17-10-11-20(27)26(25-17)14(2)21(28)24-22-23-18(13-31-22)19-5-4-12-30-19/h4-14H,3H2,1-2H3,(H,23,24,28). The van der Waals surface area contributed by atoms with Crippen LogP contribution >= 0.6 is 11.3 Å². The molecule has 1 unspecified atom stereocenters. The summed E-state index contributed by atoms with van der Waals surface area (Å²) in [5.74, 6) is 0.981. The van der Waals surface area contributed by atoms with Crippen LogP contribution in [-0.4, -0.2) is 27.3 Å². The Morgan fingerprint density at radius 2 is 2.00 bits per heavy atom. The number of nitrogens with zero attached hydrogens (tertiary/aromatic N) is 3. The predicted octanol–water partition coefficient (Wildman–Crippen LogP) is 4.23. The summed E-state index contributed by atoms with van der Waals surface area (Å²) in [6, 6.07) is 13.2. The lowest BCUT2D eigenvalue weighted by atomic mass is 10.1. The first kappa shape index (κ1) is 20.5. The minimum atomic E-state index is -0.828. The summed E-state index contributed by atoms with van der Waals surface area (Å²) in [4.78, 5) is 29.5. The zero-order valence-corrected chi connectivity index (χ0v) is 17.8. The van der Waals surface area contributed by atoms with Crippen molar-refractivity contribution in [3.63, 3.8) is 0 Å². The molecule has 0 spiro atoms. The Hall–Kier alpha value is -3.72. The highest BCUT2D eigenvalue weighted by Gasteiger charge is 2.20. The number of anilines is 1. The lowest BCUT2D eigenvalue weighted by Gasteiger charge is -2.14. The van der Waals surface area contributed by atoms with Gasteiger partial charge in [0.2, 0.25) is 0 Å². The van der Waals surface area contributed by atoms with E-state index in [0.29, 0.717) is 28.9 Å². The maximum atomic E-state index is 12.7. The number of benzene rings is 1. The number of nitrogens with one attached hydrogen (secondary N) is 1. The minimum Gasteiger partial charge on any atom is -0.494 e. The van der Waals surface area contributed by atoms with Crippen LogP contribution in [0, 0.1) is 0 Å². The van der Waals surface area contributed by atoms with Crippen LogP contribution in [0.1, 0.15) is 19.9 Å². The third-order valence-corrected chi connectivity index (χ3v) is 5.30. The molecule has 0 radical (unpaired) electrons. The van der Waals surface area contributed by atoms with Crippen molar-refractivity contribution in [1.82, 2.24) is 14.8 Å². The lowest BCUT2D eigenvalue weighted by molar-refractivity contribution is -0.119. The Morgan fingerprint density at radius 3 is 2.71 bits per heavy atom. The van der Waals surface area contributed by atoms with E-state index in [1.54, 1.807) is 36.8 Å². The molecule has 1 N–H and O–H groups in total. The molecule has 0 saturated heterocycles. The molecular formula is C22H20N4O4S. The summed E-state index contributed by atoms with van der Waals surface area (Å²) in [6.45, 7) is 4.12. The highest BCUT2D eigenvalue weighted by molar-refractivity contribution is 7.14. The highest BCUT2D eigenvalue weighted by Crippen LogP contribution is 2.26. The average Bonchev–Trinajstić information content (AvgIpc) is 3.46. The van der Waals surface area contributed by atoms with Crippen molar-refractivity contribution in [1.29, 1.82) is 0 Å². The van der Waals surface area contributed by atoms with Crippen molar-refractivity contribution in [2.75, 3.05) is 11.9 Å². The maximum absolute atomic E-state index is 12.7. The molecule has 0 saturated carbocycles. The van der Waals surface area contributed by atoms with E-state index in [9.17, 15) is 9.59 Å². The van der Waals surface area contributed by atoms with Crippen LogP contribution in [0.5, 0.6) is 5.75 Å². The second-order valence-corrected chi connectivity index (χ2v) is 7.50. The molecule has 0 aliphatic rings. The molecule has 0 bridgehead atoms. The molecule has 0 aliphatic carbocycles. The number of amides is 1. The third kappa shape index (κ3) is 4.56. The number of carbonyl (C=O) groups is 1. The van der Waals surface area contributed by atoms with Crippen molar-refractivity contribution in [3.8, 4) is 28.5 Å². The van der Waals surface area contributed by atoms with Gasteiger partial charge in [-0.3, -0.25) is 9.59 Å². The fraction of sp³-hybridized carbons (Fsp3) is 0.182. The van der Waals surface area contributed by atoms with E-state index in [0.717, 1.165) is 11.3 Å². The summed E-state index contributed by atoms with van der Waals surface area (Å²) in [7, 11) is 0. The van der Waals surface area contributed by atoms with Crippen molar-refractivity contribution >= 4 is 22.4 Å². The molecule has 0 aliphatic heterocycles. The van der Waals surface area contributed by atoms with Gasteiger partial charge in [-0.15, -0.1) is 11.3 Å². The normalized spacial score (nSPS) is 11.8. The SMILES string of the molecule is CCOc1ccc(-c2ccc(=O)n(C(C)C(=O)Nc3nc(-c4ccco4)cs3)n2)cc1. The summed E-state index contributed by atoms with van der Waals surface area (Å²) >= 11 is 1.28. The molecule has 1 aromatic carbocycles. The van der Waals surface area contributed by atoms with Crippen LogP contribution in [0.2, 0.25) is 0 Å². The summed E-state index contributed by atoms with van der Waals surface area (Å²) in [5.41, 5.74) is 1.66. The number of rotatable bonds is 7. The summed E-state index contributed by atoms with van der Waals surface area (Å²) in [5, 5.41) is 9.34. The fourth-order valence-electron chi connectivity index (χ4n) is 2.93. The van der Waals surface area contributed by atoms with E-state index in [-0.39, 0.29) is 5.56 Å². The largest absolute Gasteiger partial charge is 0.494 e. The number of carbonyl (C=O) groups excluding carboxylic acids is 1. The first-order valence-electron chi connectivity index (χ1n) is 9.68. The number of thiazole rings is 1. The van der Waals surface area contributed by atoms with Gasteiger partial charge >= 0.3 is 0 Å². The van der Waals surface area contributed by atoms with Gasteiger partial charge in [-0.1, -0.05) is 0 Å². The number of furan rings is 1. The number of hydrogen-bond acceptors (Lipinski definition) is 7. The fourth-order valence-corrected chi connectivity index (χ4v) is 3.64. The molecular weight excluding hydrogens is 416 g/mol. The van der Waals surface area contributed by atoms with Crippen LogP contribution in [0.3, 0.4) is 0 Å². The number of aromatic nitrogens is 3. The first-order chi connectivity index (χ1) is 15.0. The van der Waals surface area contributed by atoms with Gasteiger partial charge in [0.1, 0.15) is 17.5 Å². The van der Waals surface area contributed by atoms with Gasteiger partial charge in [-0.05, 0) is 56.3 Å². The zero-order chi connectivity index (χ0) is 21.8. The summed E-state index contributed by atoms with van der Waals surface area (Å²) in [6.07, 6.45) is 1.56. The van der Waals surface area contributed by atoms with Gasteiger partial charge in [0.05, 0.1) is 18.6 Å². The topological polar surface area (TPSA) is 99.2 Å². The minimum absolute atomic E-state index is 0.368. The van der Waals surface area contributed by atoms with E-state index < -0.39 is 11.9 Å². The Labute approximate surface area is 182 Å². The molecule has 3 aromatic heterocycles. The van der Waals surface area contributed by atoms with Crippen molar-refractivity contribution < 1.29 is 13.9 Å². The van der Waals surface area contributed by atoms with E-state index >= 15 is 0 Å². The maximum Gasteiger partial charge on any atom is 0.267 e. The van der Waals surface area contributed by atoms with Crippen LogP contribution in [0.4, 0.5) is 5.13 Å². The van der Waals surface area contributed by atoms with Crippen LogP contribution in [0.25, 0.3) is 22.7 Å². The van der Waals surface area contributed by atoms with Gasteiger partial charge in [0.25, 0.3) is 11.5 Å². The molecule has 4 aromatic rings. The highest BCUT2D eigenvalue weighted by atomic mass is 32.1. The van der Waals surface area contributed by atoms with E-state index in [1.807, 2.05) is 31.2 Å². The Morgan fingerprint density at radius 1 is 1.19 bits per heavy atom. The smallest absolute Gasteiger partial charge is 0.267 e. The van der Waals surface area contributed by atoms with Crippen LogP contribution in [0.15, 0.2) is 69.4 Å². The lowest BCUT2D eigenvalue weighted by Crippen LogP contribution is -2.33. The van der Waals surface area contributed by atoms with E-state index in [2.05, 4.69) is 15.4 Å². The Kier molecular flexibility index (Phi) is 5.94. The van der Waals surface area contributed by atoms with Gasteiger partial charge in [0.15, 0.2) is 10.9 Å². The van der Waals surface area contributed by atoms with E-state index in [4.69, 9.17) is 9.15 Å². The van der Waals surface area contributed by atoms with Gasteiger partial charge in [0, 0.05) is 17.0 Å². The van der Waals surface area contributed by atoms with Crippen LogP contribution < -0.4 is 15.6 Å². The van der Waals surface area contributed by atoms with Crippen molar-refractivity contribution in [2.45, 2.75) is 19.9 Å². The average molecular weight is 436 g/mol. The third-order valence-electron chi connectivity index (χ3n) is 4.54. The molecule has 1 atom stereocenters. The van der Waals surface area contributed by atoms with Gasteiger partial charge in [-0.25, -0.2) is 9.67 Å². The first-order valence-corrected chi connectivity index (χ1v) is 10.6. The van der Waals surface area contributed by atoms with Gasteiger partial charge < -0.3 is 14.5 Å². The van der Waals surface area contributed by atoms with Crippen LogP contribution in [-0.2, 0) is 4.79 Å². The second-order valence-electron chi connectivity index (χ2n) is 6.64. The predicted molar refractivity (Wildman–Crippen MR) is 118 cm³/mol. The van der Waals surface area contributed by atoms with Crippen molar-refractivity contribution in [3.05, 3.63) is 70.5 Å². The number of ether oxygens (including phenoxy) is 1. The molecule has 158 valence electrons. The molecule has 1 amide bonds. The number of hydrogen-bond donors (Lipinski definition) is 1. The quantitative estimate of drug-likeness (QED) is 0.466. The zero-order valence-electron chi connectivity index (χ0n) is 16.9. The second kappa shape index (κ2) is 8.97. The molecule has 0 fully saturated rings. The van der Waals surface area contributed by atoms with Gasteiger partial charge in [-0.2, -0.15) is 5.10 Å². The summed E-state index contributed by atoms with van der Waals surface area (Å²) < 4.78 is 11.9. The molecule has 31 heavy (non-hydrogen) atoms. The molecule has 4 rings (SSSR count). The molecule has 8 nitrogen and oxygen atoms in total. The van der Waals surface area contributed by atoms with Crippen molar-refractivity contribution in [2.24, 2.45) is 0 Å². The van der Waals surface area contributed by atoms with E-state index in [1.165, 1.54) is 22.1 Å².